The van der Waals surface area contributed by atoms with Crippen molar-refractivity contribution in [2.45, 2.75) is 38.9 Å². The number of nitrogen functional groups attached to an aromatic ring is 1. The van der Waals surface area contributed by atoms with E-state index in [0.29, 0.717) is 18.7 Å². The van der Waals surface area contributed by atoms with Crippen LogP contribution >= 0.6 is 0 Å². The van der Waals surface area contributed by atoms with E-state index in [9.17, 15) is 9.90 Å². The number of morpholine rings is 1. The molecule has 2 rings (SSSR count). The van der Waals surface area contributed by atoms with E-state index >= 15 is 0 Å². The number of ether oxygens (including phenoxy) is 1. The molecular formula is C15H22N2O3. The highest BCUT2D eigenvalue weighted by molar-refractivity contribution is 5.95. The summed E-state index contributed by atoms with van der Waals surface area (Å²) >= 11 is 0. The Morgan fingerprint density at radius 2 is 1.80 bits per heavy atom. The summed E-state index contributed by atoms with van der Waals surface area (Å²) in [4.78, 5) is 14.3. The lowest BCUT2D eigenvalue weighted by atomic mass is 9.98. The Hall–Kier alpha value is -1.75. The molecule has 1 aliphatic heterocycles. The van der Waals surface area contributed by atoms with Crippen LogP contribution in [0.2, 0.25) is 0 Å². The number of anilines is 1. The van der Waals surface area contributed by atoms with Crippen LogP contribution in [0.4, 0.5) is 5.69 Å². The van der Waals surface area contributed by atoms with Gasteiger partial charge in [-0.15, -0.1) is 0 Å². The Bertz CT molecular complexity index is 522. The molecule has 0 aliphatic carbocycles. The lowest BCUT2D eigenvalue weighted by molar-refractivity contribution is -0.171. The van der Waals surface area contributed by atoms with E-state index < -0.39 is 11.2 Å². The fraction of sp³-hybridized carbons (Fsp3) is 0.533. The first-order valence-corrected chi connectivity index (χ1v) is 6.68. The molecule has 1 fully saturated rings. The maximum Gasteiger partial charge on any atom is 0.254 e. The molecule has 0 bridgehead atoms. The Kier molecular flexibility index (Phi) is 3.42. The van der Waals surface area contributed by atoms with Gasteiger partial charge < -0.3 is 20.5 Å². The highest BCUT2D eigenvalue weighted by Gasteiger charge is 2.40. The molecule has 0 saturated carbocycles. The zero-order valence-corrected chi connectivity index (χ0v) is 12.4. The molecule has 1 aromatic rings. The minimum atomic E-state index is -0.396. The summed E-state index contributed by atoms with van der Waals surface area (Å²) in [6, 6.07) is 4.58. The van der Waals surface area contributed by atoms with Gasteiger partial charge in [0.15, 0.2) is 0 Å². The summed E-state index contributed by atoms with van der Waals surface area (Å²) in [6.07, 6.45) is 0. The largest absolute Gasteiger partial charge is 0.506 e. The molecule has 0 unspecified atom stereocenters. The molecule has 5 nitrogen and oxygen atoms in total. The van der Waals surface area contributed by atoms with Gasteiger partial charge in [-0.1, -0.05) is 0 Å². The summed E-state index contributed by atoms with van der Waals surface area (Å²) in [6.45, 7) is 8.90. The number of phenols is 1. The average Bonchev–Trinajstić information content (AvgIpc) is 2.27. The third kappa shape index (κ3) is 3.04. The topological polar surface area (TPSA) is 75.8 Å². The lowest BCUT2D eigenvalue weighted by Crippen LogP contribution is -2.58. The number of carbonyl (C=O) groups excluding carboxylic acids is 1. The van der Waals surface area contributed by atoms with Crippen LogP contribution in [0, 0.1) is 0 Å². The van der Waals surface area contributed by atoms with Crippen LogP contribution in [0.3, 0.4) is 0 Å². The van der Waals surface area contributed by atoms with Crippen molar-refractivity contribution in [1.29, 1.82) is 0 Å². The van der Waals surface area contributed by atoms with Crippen LogP contribution in [0.1, 0.15) is 38.1 Å². The van der Waals surface area contributed by atoms with Crippen molar-refractivity contribution in [1.82, 2.24) is 4.90 Å². The molecular weight excluding hydrogens is 256 g/mol. The van der Waals surface area contributed by atoms with E-state index in [1.54, 1.807) is 17.0 Å². The number of benzene rings is 1. The minimum Gasteiger partial charge on any atom is -0.506 e. The van der Waals surface area contributed by atoms with Crippen LogP contribution in [-0.4, -0.2) is 40.2 Å². The number of phenolic OH excluding ortho intramolecular Hbond substituents is 1. The van der Waals surface area contributed by atoms with E-state index in [-0.39, 0.29) is 17.3 Å². The Labute approximate surface area is 119 Å². The minimum absolute atomic E-state index is 0.0670. The number of hydrogen-bond donors (Lipinski definition) is 2. The molecule has 1 saturated heterocycles. The van der Waals surface area contributed by atoms with Gasteiger partial charge in [-0.05, 0) is 45.9 Å². The zero-order chi connectivity index (χ0) is 15.1. The van der Waals surface area contributed by atoms with Crippen LogP contribution in [0.5, 0.6) is 5.75 Å². The third-order valence-electron chi connectivity index (χ3n) is 3.26. The van der Waals surface area contributed by atoms with Gasteiger partial charge >= 0.3 is 0 Å². The molecule has 0 aromatic heterocycles. The van der Waals surface area contributed by atoms with E-state index in [1.807, 2.05) is 27.7 Å². The number of nitrogens with two attached hydrogens (primary N) is 1. The molecule has 5 heteroatoms. The normalized spacial score (nSPS) is 20.7. The van der Waals surface area contributed by atoms with E-state index in [1.165, 1.54) is 6.07 Å². The zero-order valence-electron chi connectivity index (χ0n) is 12.4. The standard InChI is InChI=1S/C15H22N2O3/c1-14(2)8-17(9-15(3,4)20-14)13(19)10-5-6-11(16)12(18)7-10/h5-7,18H,8-9,16H2,1-4H3. The smallest absolute Gasteiger partial charge is 0.254 e. The van der Waals surface area contributed by atoms with Crippen LogP contribution in [0.25, 0.3) is 0 Å². The van der Waals surface area contributed by atoms with Crippen LogP contribution in [-0.2, 0) is 4.74 Å². The lowest BCUT2D eigenvalue weighted by Gasteiger charge is -2.47. The molecule has 1 aliphatic rings. The summed E-state index contributed by atoms with van der Waals surface area (Å²) < 4.78 is 5.96. The fourth-order valence-corrected chi connectivity index (χ4v) is 2.79. The molecule has 0 radical (unpaired) electrons. The van der Waals surface area contributed by atoms with Gasteiger partial charge in [-0.25, -0.2) is 0 Å². The highest BCUT2D eigenvalue weighted by Crippen LogP contribution is 2.30. The Morgan fingerprint density at radius 1 is 1.25 bits per heavy atom. The number of aromatic hydroxyl groups is 1. The molecule has 1 heterocycles. The molecule has 1 amide bonds. The van der Waals surface area contributed by atoms with Gasteiger partial charge in [0.05, 0.1) is 16.9 Å². The summed E-state index contributed by atoms with van der Waals surface area (Å²) in [7, 11) is 0. The molecule has 0 atom stereocenters. The van der Waals surface area contributed by atoms with Gasteiger partial charge in [-0.3, -0.25) is 4.79 Å². The molecule has 1 aromatic carbocycles. The van der Waals surface area contributed by atoms with Gasteiger partial charge in [0.2, 0.25) is 0 Å². The quantitative estimate of drug-likeness (QED) is 0.608. The van der Waals surface area contributed by atoms with Gasteiger partial charge in [-0.2, -0.15) is 0 Å². The summed E-state index contributed by atoms with van der Waals surface area (Å²) in [5, 5.41) is 9.63. The average molecular weight is 278 g/mol. The second-order valence-electron chi connectivity index (χ2n) is 6.56. The molecule has 0 spiro atoms. The van der Waals surface area contributed by atoms with Crippen molar-refractivity contribution in [2.75, 3.05) is 18.8 Å². The van der Waals surface area contributed by atoms with E-state index in [4.69, 9.17) is 10.5 Å². The molecule has 110 valence electrons. The van der Waals surface area contributed by atoms with Crippen molar-refractivity contribution in [3.8, 4) is 5.75 Å². The SMILES string of the molecule is CC1(C)CN(C(=O)c2ccc(N)c(O)c2)CC(C)(C)O1. The highest BCUT2D eigenvalue weighted by atomic mass is 16.5. The number of carbonyl (C=O) groups is 1. The molecule has 3 N–H and O–H groups in total. The van der Waals surface area contributed by atoms with E-state index in [0.717, 1.165) is 0 Å². The van der Waals surface area contributed by atoms with Crippen molar-refractivity contribution >= 4 is 11.6 Å². The predicted molar refractivity (Wildman–Crippen MR) is 77.7 cm³/mol. The van der Waals surface area contributed by atoms with E-state index in [2.05, 4.69) is 0 Å². The number of nitrogens with zero attached hydrogens (tertiary/aromatic N) is 1. The first kappa shape index (κ1) is 14.7. The van der Waals surface area contributed by atoms with Crippen LogP contribution < -0.4 is 5.73 Å². The Morgan fingerprint density at radius 3 is 2.30 bits per heavy atom. The monoisotopic (exact) mass is 278 g/mol. The van der Waals surface area contributed by atoms with Crippen molar-refractivity contribution in [3.05, 3.63) is 23.8 Å². The Balaban J connectivity index is 2.26. The number of hydrogen-bond acceptors (Lipinski definition) is 4. The second kappa shape index (κ2) is 4.66. The number of rotatable bonds is 1. The van der Waals surface area contributed by atoms with Gasteiger partial charge in [0.25, 0.3) is 5.91 Å². The third-order valence-corrected chi connectivity index (χ3v) is 3.26. The summed E-state index contributed by atoms with van der Waals surface area (Å²) in [5.41, 5.74) is 5.47. The fourth-order valence-electron chi connectivity index (χ4n) is 2.79. The van der Waals surface area contributed by atoms with Crippen molar-refractivity contribution in [3.63, 3.8) is 0 Å². The molecule has 20 heavy (non-hydrogen) atoms. The van der Waals surface area contributed by atoms with Crippen molar-refractivity contribution in [2.24, 2.45) is 0 Å². The second-order valence-corrected chi connectivity index (χ2v) is 6.56. The maximum absolute atomic E-state index is 12.6. The predicted octanol–water partition coefficient (Wildman–Crippen LogP) is 2.00. The first-order valence-electron chi connectivity index (χ1n) is 6.68. The van der Waals surface area contributed by atoms with Crippen molar-refractivity contribution < 1.29 is 14.6 Å². The summed E-state index contributed by atoms with van der Waals surface area (Å²) in [5.74, 6) is -0.188. The van der Waals surface area contributed by atoms with Gasteiger partial charge in [0.1, 0.15) is 5.75 Å². The van der Waals surface area contributed by atoms with Crippen LogP contribution in [0.15, 0.2) is 18.2 Å². The first-order chi connectivity index (χ1) is 9.10. The van der Waals surface area contributed by atoms with Gasteiger partial charge in [0, 0.05) is 18.7 Å². The number of amides is 1. The maximum atomic E-state index is 12.6.